The second kappa shape index (κ2) is 7.51. The first kappa shape index (κ1) is 20.0. The van der Waals surface area contributed by atoms with E-state index in [-0.39, 0.29) is 23.7 Å². The Balaban J connectivity index is 2.73. The molecule has 0 fully saturated rings. The molecule has 0 saturated carbocycles. The third kappa shape index (κ3) is 4.86. The molecule has 140 valence electrons. The van der Waals surface area contributed by atoms with Crippen LogP contribution in [-0.2, 0) is 12.4 Å². The Bertz CT molecular complexity index is 748. The Kier molecular flexibility index (Phi) is 5.77. The van der Waals surface area contributed by atoms with Gasteiger partial charge >= 0.3 is 12.4 Å². The highest BCUT2D eigenvalue weighted by molar-refractivity contribution is 5.80. The van der Waals surface area contributed by atoms with E-state index in [0.717, 1.165) is 6.08 Å². The predicted octanol–water partition coefficient (Wildman–Crippen LogP) is 4.48. The molecule has 0 aliphatic carbocycles. The van der Waals surface area contributed by atoms with E-state index >= 15 is 0 Å². The van der Waals surface area contributed by atoms with Crippen LogP contribution in [0.3, 0.4) is 0 Å². The smallest absolute Gasteiger partial charge is 0.388 e. The minimum Gasteiger partial charge on any atom is -0.388 e. The van der Waals surface area contributed by atoms with Gasteiger partial charge in [0, 0.05) is 6.54 Å². The molecule has 0 heterocycles. The lowest BCUT2D eigenvalue weighted by Gasteiger charge is -2.17. The second-order valence-corrected chi connectivity index (χ2v) is 5.54. The predicted molar refractivity (Wildman–Crippen MR) is 85.0 cm³/mol. The van der Waals surface area contributed by atoms with Gasteiger partial charge in [0.1, 0.15) is 0 Å². The molecule has 2 nitrogen and oxygen atoms in total. The number of aliphatic hydroxyl groups excluding tert-OH is 1. The van der Waals surface area contributed by atoms with Gasteiger partial charge in [0.2, 0.25) is 0 Å². The third-order valence-corrected chi connectivity index (χ3v) is 3.58. The van der Waals surface area contributed by atoms with Crippen molar-refractivity contribution >= 4 is 5.57 Å². The standard InChI is InChI=1S/C18H15F6NO/c19-17(20,21)13-6-12(7-14(8-13)18(22,23)24)16(9-15(26)10-25)11-4-2-1-3-5-11/h1-9,15,26H,10,25H2. The van der Waals surface area contributed by atoms with Crippen LogP contribution in [0, 0.1) is 0 Å². The molecule has 8 heteroatoms. The number of halogens is 6. The number of aliphatic hydroxyl groups is 1. The summed E-state index contributed by atoms with van der Waals surface area (Å²) in [4.78, 5) is 0. The molecule has 2 aromatic carbocycles. The van der Waals surface area contributed by atoms with E-state index in [1.807, 2.05) is 0 Å². The zero-order chi connectivity index (χ0) is 19.5. The van der Waals surface area contributed by atoms with Crippen molar-refractivity contribution in [3.63, 3.8) is 0 Å². The fraction of sp³-hybridized carbons (Fsp3) is 0.222. The van der Waals surface area contributed by atoms with E-state index in [4.69, 9.17) is 5.73 Å². The summed E-state index contributed by atoms with van der Waals surface area (Å²) in [6, 6.07) is 9.14. The van der Waals surface area contributed by atoms with E-state index in [2.05, 4.69) is 0 Å². The topological polar surface area (TPSA) is 46.2 Å². The third-order valence-electron chi connectivity index (χ3n) is 3.58. The van der Waals surface area contributed by atoms with Crippen molar-refractivity contribution in [2.45, 2.75) is 18.5 Å². The molecule has 1 unspecified atom stereocenters. The van der Waals surface area contributed by atoms with E-state index in [0.29, 0.717) is 17.7 Å². The molecular formula is C18H15F6NO. The summed E-state index contributed by atoms with van der Waals surface area (Å²) in [7, 11) is 0. The fourth-order valence-electron chi connectivity index (χ4n) is 2.35. The summed E-state index contributed by atoms with van der Waals surface area (Å²) in [6.45, 7) is -0.235. The van der Waals surface area contributed by atoms with E-state index in [9.17, 15) is 31.4 Å². The zero-order valence-electron chi connectivity index (χ0n) is 13.3. The van der Waals surface area contributed by atoms with E-state index in [1.165, 1.54) is 12.1 Å². The molecule has 0 aliphatic heterocycles. The monoisotopic (exact) mass is 375 g/mol. The van der Waals surface area contributed by atoms with Crippen molar-refractivity contribution in [3.05, 3.63) is 76.9 Å². The minimum absolute atomic E-state index is 0.0279. The first-order valence-electron chi connectivity index (χ1n) is 7.47. The van der Waals surface area contributed by atoms with Gasteiger partial charge in [-0.1, -0.05) is 30.3 Å². The highest BCUT2D eigenvalue weighted by Gasteiger charge is 2.37. The van der Waals surface area contributed by atoms with Crippen molar-refractivity contribution in [2.75, 3.05) is 6.54 Å². The molecule has 0 amide bonds. The molecular weight excluding hydrogens is 360 g/mol. The van der Waals surface area contributed by atoms with Crippen LogP contribution in [0.2, 0.25) is 0 Å². The average molecular weight is 375 g/mol. The summed E-state index contributed by atoms with van der Waals surface area (Å²) in [6.07, 6.45) is -9.99. The molecule has 0 radical (unpaired) electrons. The molecule has 0 saturated heterocycles. The Labute approximate surface area is 145 Å². The van der Waals surface area contributed by atoms with Crippen LogP contribution in [0.4, 0.5) is 26.3 Å². The SMILES string of the molecule is NCC(O)C=C(c1ccccc1)c1cc(C(F)(F)F)cc(C(F)(F)F)c1. The molecule has 2 rings (SSSR count). The van der Waals surface area contributed by atoms with Gasteiger partial charge in [0.25, 0.3) is 0 Å². The highest BCUT2D eigenvalue weighted by Crippen LogP contribution is 2.38. The summed E-state index contributed by atoms with van der Waals surface area (Å²) < 4.78 is 78.4. The second-order valence-electron chi connectivity index (χ2n) is 5.54. The van der Waals surface area contributed by atoms with Crippen LogP contribution in [0.15, 0.2) is 54.6 Å². The molecule has 2 aromatic rings. The van der Waals surface area contributed by atoms with Gasteiger partial charge in [-0.2, -0.15) is 26.3 Å². The van der Waals surface area contributed by atoms with Crippen molar-refractivity contribution in [1.82, 2.24) is 0 Å². The summed E-state index contributed by atoms with van der Waals surface area (Å²) in [5.41, 5.74) is 2.54. The van der Waals surface area contributed by atoms with Crippen LogP contribution in [0.25, 0.3) is 5.57 Å². The number of alkyl halides is 6. The number of hydrogen-bond acceptors (Lipinski definition) is 2. The average Bonchev–Trinajstić information content (AvgIpc) is 2.58. The number of nitrogens with two attached hydrogens (primary N) is 1. The largest absolute Gasteiger partial charge is 0.416 e. The minimum atomic E-state index is -4.95. The van der Waals surface area contributed by atoms with Crippen molar-refractivity contribution in [3.8, 4) is 0 Å². The van der Waals surface area contributed by atoms with Crippen LogP contribution in [0.1, 0.15) is 22.3 Å². The van der Waals surface area contributed by atoms with Gasteiger partial charge < -0.3 is 10.8 Å². The lowest BCUT2D eigenvalue weighted by molar-refractivity contribution is -0.143. The number of rotatable bonds is 4. The summed E-state index contributed by atoms with van der Waals surface area (Å²) >= 11 is 0. The van der Waals surface area contributed by atoms with E-state index < -0.39 is 29.6 Å². The van der Waals surface area contributed by atoms with Gasteiger partial charge in [-0.3, -0.25) is 0 Å². The first-order valence-corrected chi connectivity index (χ1v) is 7.47. The Morgan fingerprint density at radius 2 is 1.38 bits per heavy atom. The van der Waals surface area contributed by atoms with Crippen molar-refractivity contribution in [1.29, 1.82) is 0 Å². The number of hydrogen-bond donors (Lipinski definition) is 2. The quantitative estimate of drug-likeness (QED) is 0.775. The molecule has 3 N–H and O–H groups in total. The Morgan fingerprint density at radius 3 is 1.81 bits per heavy atom. The zero-order valence-corrected chi connectivity index (χ0v) is 13.3. The fourth-order valence-corrected chi connectivity index (χ4v) is 2.35. The summed E-state index contributed by atoms with van der Waals surface area (Å²) in [5, 5.41) is 9.76. The van der Waals surface area contributed by atoms with Gasteiger partial charge in [0.05, 0.1) is 17.2 Å². The first-order chi connectivity index (χ1) is 12.0. The lowest BCUT2D eigenvalue weighted by atomic mass is 9.93. The molecule has 0 bridgehead atoms. The van der Waals surface area contributed by atoms with Gasteiger partial charge in [-0.25, -0.2) is 0 Å². The maximum atomic E-state index is 13.1. The van der Waals surface area contributed by atoms with Crippen LogP contribution in [0.5, 0.6) is 0 Å². The molecule has 1 atom stereocenters. The molecule has 0 aliphatic rings. The maximum Gasteiger partial charge on any atom is 0.416 e. The van der Waals surface area contributed by atoms with Crippen molar-refractivity contribution < 1.29 is 31.4 Å². The van der Waals surface area contributed by atoms with Gasteiger partial charge in [-0.15, -0.1) is 0 Å². The lowest BCUT2D eigenvalue weighted by Crippen LogP contribution is -2.17. The normalized spacial score (nSPS) is 14.4. The van der Waals surface area contributed by atoms with E-state index in [1.54, 1.807) is 18.2 Å². The molecule has 26 heavy (non-hydrogen) atoms. The van der Waals surface area contributed by atoms with Crippen LogP contribution in [-0.4, -0.2) is 17.8 Å². The summed E-state index contributed by atoms with van der Waals surface area (Å²) in [5.74, 6) is 0. The maximum absolute atomic E-state index is 13.1. The van der Waals surface area contributed by atoms with Gasteiger partial charge in [0.15, 0.2) is 0 Å². The van der Waals surface area contributed by atoms with Crippen LogP contribution < -0.4 is 5.73 Å². The van der Waals surface area contributed by atoms with Crippen molar-refractivity contribution in [2.24, 2.45) is 5.73 Å². The Morgan fingerprint density at radius 1 is 0.885 bits per heavy atom. The van der Waals surface area contributed by atoms with Crippen LogP contribution >= 0.6 is 0 Å². The molecule has 0 aromatic heterocycles. The molecule has 0 spiro atoms. The van der Waals surface area contributed by atoms with Gasteiger partial charge in [-0.05, 0) is 41.0 Å². The highest BCUT2D eigenvalue weighted by atomic mass is 19.4. The Hall–Kier alpha value is -2.32. The number of benzene rings is 2.